The van der Waals surface area contributed by atoms with Crippen LogP contribution < -0.4 is 5.32 Å². The number of hydrogen-bond acceptors (Lipinski definition) is 5. The molecular weight excluding hydrogens is 316 g/mol. The molecule has 0 aliphatic rings. The van der Waals surface area contributed by atoms with Crippen molar-refractivity contribution >= 4 is 23.2 Å². The summed E-state index contributed by atoms with van der Waals surface area (Å²) in [7, 11) is 0. The molecule has 2 heterocycles. The number of hydrogen-bond donors (Lipinski definition) is 1. The molecule has 7 heteroatoms. The Labute approximate surface area is 137 Å². The molecule has 0 bridgehead atoms. The van der Waals surface area contributed by atoms with Gasteiger partial charge in [-0.1, -0.05) is 28.9 Å². The van der Waals surface area contributed by atoms with Gasteiger partial charge in [-0.05, 0) is 24.3 Å². The van der Waals surface area contributed by atoms with Crippen molar-refractivity contribution in [2.45, 2.75) is 12.8 Å². The molecule has 6 nitrogen and oxygen atoms in total. The van der Waals surface area contributed by atoms with Gasteiger partial charge in [-0.2, -0.15) is 4.98 Å². The van der Waals surface area contributed by atoms with Crippen molar-refractivity contribution in [1.82, 2.24) is 15.1 Å². The number of nitrogens with one attached hydrogen (secondary N) is 1. The van der Waals surface area contributed by atoms with Gasteiger partial charge >= 0.3 is 0 Å². The van der Waals surface area contributed by atoms with Crippen LogP contribution in [0.15, 0.2) is 53.3 Å². The van der Waals surface area contributed by atoms with Crippen molar-refractivity contribution in [3.05, 3.63) is 59.7 Å². The lowest BCUT2D eigenvalue weighted by atomic mass is 10.2. The van der Waals surface area contributed by atoms with Crippen LogP contribution in [0.4, 0.5) is 5.69 Å². The van der Waals surface area contributed by atoms with Gasteiger partial charge in [0.15, 0.2) is 0 Å². The predicted octanol–water partition coefficient (Wildman–Crippen LogP) is 3.36. The summed E-state index contributed by atoms with van der Waals surface area (Å²) in [5, 5.41) is 7.14. The Hall–Kier alpha value is -2.73. The summed E-state index contributed by atoms with van der Waals surface area (Å²) >= 11 is 6.00. The zero-order valence-electron chi connectivity index (χ0n) is 12.1. The van der Waals surface area contributed by atoms with Gasteiger partial charge in [0.1, 0.15) is 0 Å². The average Bonchev–Trinajstić information content (AvgIpc) is 3.05. The van der Waals surface area contributed by atoms with Crippen molar-refractivity contribution < 1.29 is 9.32 Å². The molecule has 0 aliphatic heterocycles. The molecule has 116 valence electrons. The number of carbonyl (C=O) groups excluding carboxylic acids is 1. The maximum absolute atomic E-state index is 11.9. The molecule has 1 amide bonds. The first kappa shape index (κ1) is 15.2. The summed E-state index contributed by atoms with van der Waals surface area (Å²) < 4.78 is 5.16. The standard InChI is InChI=1S/C16H13ClN4O2/c17-12-3-1-2-4-13(12)19-14(22)5-6-15-20-16(21-23-15)11-7-9-18-10-8-11/h1-4,7-10H,5-6H2,(H,19,22). The second kappa shape index (κ2) is 7.02. The van der Waals surface area contributed by atoms with Crippen LogP contribution in [0.3, 0.4) is 0 Å². The van der Waals surface area contributed by atoms with E-state index in [2.05, 4.69) is 20.4 Å². The van der Waals surface area contributed by atoms with Crippen LogP contribution in [0, 0.1) is 0 Å². The van der Waals surface area contributed by atoms with E-state index in [-0.39, 0.29) is 12.3 Å². The highest BCUT2D eigenvalue weighted by molar-refractivity contribution is 6.33. The molecule has 2 aromatic heterocycles. The number of para-hydroxylation sites is 1. The highest BCUT2D eigenvalue weighted by atomic mass is 35.5. The zero-order valence-corrected chi connectivity index (χ0v) is 12.8. The van der Waals surface area contributed by atoms with Crippen LogP contribution in [0.25, 0.3) is 11.4 Å². The summed E-state index contributed by atoms with van der Waals surface area (Å²) in [5.41, 5.74) is 1.40. The molecule has 0 unspecified atom stereocenters. The van der Waals surface area contributed by atoms with Gasteiger partial charge in [0.2, 0.25) is 17.6 Å². The van der Waals surface area contributed by atoms with E-state index >= 15 is 0 Å². The normalized spacial score (nSPS) is 10.5. The molecule has 1 aromatic carbocycles. The Bertz CT molecular complexity index is 805. The molecular formula is C16H13ClN4O2. The summed E-state index contributed by atoms with van der Waals surface area (Å²) in [5.74, 6) is 0.724. The Morgan fingerprint density at radius 2 is 1.96 bits per heavy atom. The van der Waals surface area contributed by atoms with Crippen molar-refractivity contribution in [3.63, 3.8) is 0 Å². The van der Waals surface area contributed by atoms with Gasteiger partial charge in [0.25, 0.3) is 0 Å². The van der Waals surface area contributed by atoms with Crippen LogP contribution in [-0.4, -0.2) is 21.0 Å². The lowest BCUT2D eigenvalue weighted by molar-refractivity contribution is -0.116. The fourth-order valence-electron chi connectivity index (χ4n) is 1.97. The van der Waals surface area contributed by atoms with Gasteiger partial charge in [-0.25, -0.2) is 0 Å². The summed E-state index contributed by atoms with van der Waals surface area (Å²) in [6, 6.07) is 10.7. The van der Waals surface area contributed by atoms with E-state index in [0.29, 0.717) is 28.8 Å². The molecule has 0 saturated carbocycles. The highest BCUT2D eigenvalue weighted by Crippen LogP contribution is 2.21. The fourth-order valence-corrected chi connectivity index (χ4v) is 2.15. The van der Waals surface area contributed by atoms with Crippen LogP contribution in [0.5, 0.6) is 0 Å². The van der Waals surface area contributed by atoms with Gasteiger partial charge in [-0.15, -0.1) is 0 Å². The zero-order chi connectivity index (χ0) is 16.1. The quantitative estimate of drug-likeness (QED) is 0.776. The van der Waals surface area contributed by atoms with E-state index < -0.39 is 0 Å². The van der Waals surface area contributed by atoms with Gasteiger partial charge < -0.3 is 9.84 Å². The summed E-state index contributed by atoms with van der Waals surface area (Å²) in [6.07, 6.45) is 3.89. The van der Waals surface area contributed by atoms with Crippen LogP contribution in [0.2, 0.25) is 5.02 Å². The van der Waals surface area contributed by atoms with Crippen molar-refractivity contribution in [1.29, 1.82) is 0 Å². The molecule has 0 aliphatic carbocycles. The van der Waals surface area contributed by atoms with E-state index in [1.807, 2.05) is 0 Å². The monoisotopic (exact) mass is 328 g/mol. The number of aryl methyl sites for hydroxylation is 1. The highest BCUT2D eigenvalue weighted by Gasteiger charge is 2.11. The molecule has 3 rings (SSSR count). The lowest BCUT2D eigenvalue weighted by Crippen LogP contribution is -2.12. The van der Waals surface area contributed by atoms with Crippen molar-refractivity contribution in [2.24, 2.45) is 0 Å². The third-order valence-electron chi connectivity index (χ3n) is 3.12. The SMILES string of the molecule is O=C(CCc1nc(-c2ccncc2)no1)Nc1ccccc1Cl. The smallest absolute Gasteiger partial charge is 0.227 e. The number of benzene rings is 1. The van der Waals surface area contributed by atoms with E-state index in [0.717, 1.165) is 5.56 Å². The van der Waals surface area contributed by atoms with Gasteiger partial charge in [0.05, 0.1) is 10.7 Å². The average molecular weight is 329 g/mol. The first-order valence-electron chi connectivity index (χ1n) is 7.00. The summed E-state index contributed by atoms with van der Waals surface area (Å²) in [6.45, 7) is 0. The maximum Gasteiger partial charge on any atom is 0.227 e. The van der Waals surface area contributed by atoms with Crippen LogP contribution in [0.1, 0.15) is 12.3 Å². The van der Waals surface area contributed by atoms with E-state index in [1.165, 1.54) is 0 Å². The molecule has 23 heavy (non-hydrogen) atoms. The maximum atomic E-state index is 11.9. The minimum absolute atomic E-state index is 0.165. The number of amides is 1. The second-order valence-electron chi connectivity index (χ2n) is 4.78. The molecule has 0 saturated heterocycles. The molecule has 1 N–H and O–H groups in total. The first-order valence-corrected chi connectivity index (χ1v) is 7.37. The molecule has 3 aromatic rings. The Morgan fingerprint density at radius 1 is 1.17 bits per heavy atom. The third kappa shape index (κ3) is 3.92. The Kier molecular flexibility index (Phi) is 4.63. The number of anilines is 1. The number of nitrogens with zero attached hydrogens (tertiary/aromatic N) is 3. The second-order valence-corrected chi connectivity index (χ2v) is 5.18. The molecule has 0 fully saturated rings. The van der Waals surface area contributed by atoms with Crippen LogP contribution >= 0.6 is 11.6 Å². The number of halogens is 1. The molecule has 0 spiro atoms. The van der Waals surface area contributed by atoms with E-state index in [4.69, 9.17) is 16.1 Å². The molecule has 0 atom stereocenters. The van der Waals surface area contributed by atoms with E-state index in [9.17, 15) is 4.79 Å². The van der Waals surface area contributed by atoms with E-state index in [1.54, 1.807) is 48.8 Å². The minimum Gasteiger partial charge on any atom is -0.339 e. The Balaban J connectivity index is 1.58. The topological polar surface area (TPSA) is 80.9 Å². The fraction of sp³-hybridized carbons (Fsp3) is 0.125. The largest absolute Gasteiger partial charge is 0.339 e. The number of aromatic nitrogens is 3. The van der Waals surface area contributed by atoms with Gasteiger partial charge in [0, 0.05) is 30.8 Å². The van der Waals surface area contributed by atoms with Crippen molar-refractivity contribution in [2.75, 3.05) is 5.32 Å². The van der Waals surface area contributed by atoms with Crippen LogP contribution in [-0.2, 0) is 11.2 Å². The van der Waals surface area contributed by atoms with Crippen molar-refractivity contribution in [3.8, 4) is 11.4 Å². The number of carbonyl (C=O) groups is 1. The minimum atomic E-state index is -0.165. The first-order chi connectivity index (χ1) is 11.2. The summed E-state index contributed by atoms with van der Waals surface area (Å²) in [4.78, 5) is 20.1. The number of rotatable bonds is 5. The number of pyridine rings is 1. The van der Waals surface area contributed by atoms with Gasteiger partial charge in [-0.3, -0.25) is 9.78 Å². The third-order valence-corrected chi connectivity index (χ3v) is 3.45. The molecule has 0 radical (unpaired) electrons. The Morgan fingerprint density at radius 3 is 2.74 bits per heavy atom. The lowest BCUT2D eigenvalue weighted by Gasteiger charge is -2.05. The predicted molar refractivity (Wildman–Crippen MR) is 85.9 cm³/mol.